The maximum atomic E-state index is 10.3. The van der Waals surface area contributed by atoms with E-state index in [0.717, 1.165) is 12.0 Å². The molecule has 0 aliphatic rings. The van der Waals surface area contributed by atoms with E-state index in [9.17, 15) is 4.79 Å². The standard InChI is InChI=1S/C10H14O2/c1-4-8(2)6-5-7-9(3)10(11)12/h4,7H,1-2,5-6H2,3H3,(H,11,12)/b9-7+. The van der Waals surface area contributed by atoms with Crippen molar-refractivity contribution in [3.05, 3.63) is 36.5 Å². The Morgan fingerprint density at radius 3 is 2.58 bits per heavy atom. The molecule has 1 N–H and O–H groups in total. The van der Waals surface area contributed by atoms with Crippen LogP contribution in [0.1, 0.15) is 19.8 Å². The molecule has 0 amide bonds. The van der Waals surface area contributed by atoms with Crippen molar-refractivity contribution in [2.75, 3.05) is 0 Å². The van der Waals surface area contributed by atoms with E-state index in [2.05, 4.69) is 13.2 Å². The minimum atomic E-state index is -0.862. The lowest BCUT2D eigenvalue weighted by Gasteiger charge is -1.95. The van der Waals surface area contributed by atoms with Gasteiger partial charge in [-0.2, -0.15) is 0 Å². The fraction of sp³-hybridized carbons (Fsp3) is 0.300. The Morgan fingerprint density at radius 2 is 2.17 bits per heavy atom. The van der Waals surface area contributed by atoms with E-state index in [1.54, 1.807) is 19.1 Å². The molecule has 0 heterocycles. The Morgan fingerprint density at radius 1 is 1.58 bits per heavy atom. The van der Waals surface area contributed by atoms with Crippen LogP contribution in [0, 0.1) is 0 Å². The maximum Gasteiger partial charge on any atom is 0.330 e. The van der Waals surface area contributed by atoms with Gasteiger partial charge in [0.15, 0.2) is 0 Å². The molecule has 0 aromatic carbocycles. The van der Waals surface area contributed by atoms with Crippen LogP contribution in [-0.2, 0) is 4.79 Å². The first-order valence-corrected chi connectivity index (χ1v) is 3.78. The van der Waals surface area contributed by atoms with Crippen molar-refractivity contribution in [1.29, 1.82) is 0 Å². The zero-order valence-corrected chi connectivity index (χ0v) is 7.34. The highest BCUT2D eigenvalue weighted by molar-refractivity contribution is 5.85. The molecule has 0 aromatic rings. The third-order valence-corrected chi connectivity index (χ3v) is 1.54. The summed E-state index contributed by atoms with van der Waals surface area (Å²) < 4.78 is 0. The Bertz CT molecular complexity index is 224. The van der Waals surface area contributed by atoms with Crippen LogP contribution in [0.25, 0.3) is 0 Å². The monoisotopic (exact) mass is 166 g/mol. The third kappa shape index (κ3) is 4.50. The van der Waals surface area contributed by atoms with Crippen LogP contribution in [0.15, 0.2) is 36.5 Å². The van der Waals surface area contributed by atoms with Crippen molar-refractivity contribution in [1.82, 2.24) is 0 Å². The van der Waals surface area contributed by atoms with Gasteiger partial charge in [0, 0.05) is 5.57 Å². The number of carbonyl (C=O) groups is 1. The average Bonchev–Trinajstić information content (AvgIpc) is 2.03. The summed E-state index contributed by atoms with van der Waals surface area (Å²) in [7, 11) is 0. The number of hydrogen-bond acceptors (Lipinski definition) is 1. The fourth-order valence-corrected chi connectivity index (χ4v) is 0.663. The van der Waals surface area contributed by atoms with Gasteiger partial charge >= 0.3 is 5.97 Å². The highest BCUT2D eigenvalue weighted by Crippen LogP contribution is 2.05. The van der Waals surface area contributed by atoms with Crippen molar-refractivity contribution in [3.63, 3.8) is 0 Å². The van der Waals surface area contributed by atoms with Crippen LogP contribution < -0.4 is 0 Å². The first-order valence-electron chi connectivity index (χ1n) is 3.78. The highest BCUT2D eigenvalue weighted by Gasteiger charge is 1.97. The zero-order chi connectivity index (χ0) is 9.56. The second kappa shape index (κ2) is 5.35. The van der Waals surface area contributed by atoms with Gasteiger partial charge in [-0.15, -0.1) is 0 Å². The molecule has 0 spiro atoms. The van der Waals surface area contributed by atoms with Crippen LogP contribution >= 0.6 is 0 Å². The quantitative estimate of drug-likeness (QED) is 0.503. The predicted molar refractivity (Wildman–Crippen MR) is 50.0 cm³/mol. The smallest absolute Gasteiger partial charge is 0.330 e. The Balaban J connectivity index is 3.82. The summed E-state index contributed by atoms with van der Waals surface area (Å²) in [4.78, 5) is 10.3. The summed E-state index contributed by atoms with van der Waals surface area (Å²) in [5.41, 5.74) is 1.32. The van der Waals surface area contributed by atoms with Gasteiger partial charge in [-0.3, -0.25) is 0 Å². The van der Waals surface area contributed by atoms with Crippen LogP contribution in [0.5, 0.6) is 0 Å². The van der Waals surface area contributed by atoms with Crippen molar-refractivity contribution < 1.29 is 9.90 Å². The van der Waals surface area contributed by atoms with E-state index in [-0.39, 0.29) is 0 Å². The van der Waals surface area contributed by atoms with Crippen molar-refractivity contribution in [2.45, 2.75) is 19.8 Å². The minimum absolute atomic E-state index is 0.381. The number of allylic oxidation sites excluding steroid dienone is 3. The first-order chi connectivity index (χ1) is 5.57. The number of aliphatic carboxylic acids is 1. The lowest BCUT2D eigenvalue weighted by atomic mass is 10.1. The summed E-state index contributed by atoms with van der Waals surface area (Å²) in [6.45, 7) is 8.86. The molecule has 2 heteroatoms. The molecule has 0 saturated heterocycles. The lowest BCUT2D eigenvalue weighted by molar-refractivity contribution is -0.132. The number of rotatable bonds is 5. The molecule has 0 saturated carbocycles. The van der Waals surface area contributed by atoms with E-state index in [1.807, 2.05) is 0 Å². The largest absolute Gasteiger partial charge is 0.478 e. The Kier molecular flexibility index (Phi) is 4.77. The lowest BCUT2D eigenvalue weighted by Crippen LogP contribution is -1.95. The van der Waals surface area contributed by atoms with Crippen LogP contribution in [0.4, 0.5) is 0 Å². The van der Waals surface area contributed by atoms with Crippen molar-refractivity contribution in [2.24, 2.45) is 0 Å². The molecule has 2 nitrogen and oxygen atoms in total. The second-order valence-electron chi connectivity index (χ2n) is 2.59. The normalized spacial score (nSPS) is 10.9. The number of hydrogen-bond donors (Lipinski definition) is 1. The second-order valence-corrected chi connectivity index (χ2v) is 2.59. The molecule has 0 atom stereocenters. The number of carboxylic acid groups (broad SMARTS) is 1. The topological polar surface area (TPSA) is 37.3 Å². The molecule has 66 valence electrons. The van der Waals surface area contributed by atoms with Gasteiger partial charge in [-0.1, -0.05) is 30.9 Å². The molecule has 0 aliphatic heterocycles. The molecule has 0 bridgehead atoms. The zero-order valence-electron chi connectivity index (χ0n) is 7.34. The SMILES string of the molecule is C=CC(=C)CC/C=C(\C)C(=O)O. The van der Waals surface area contributed by atoms with Crippen LogP contribution in [0.3, 0.4) is 0 Å². The van der Waals surface area contributed by atoms with Gasteiger partial charge in [0.2, 0.25) is 0 Å². The van der Waals surface area contributed by atoms with Crippen molar-refractivity contribution in [3.8, 4) is 0 Å². The van der Waals surface area contributed by atoms with Crippen molar-refractivity contribution >= 4 is 5.97 Å². The summed E-state index contributed by atoms with van der Waals surface area (Å²) in [5, 5.41) is 8.49. The van der Waals surface area contributed by atoms with Crippen LogP contribution in [0.2, 0.25) is 0 Å². The molecule has 0 aliphatic carbocycles. The molecule has 0 fully saturated rings. The van der Waals surface area contributed by atoms with E-state index in [0.29, 0.717) is 12.0 Å². The summed E-state index contributed by atoms with van der Waals surface area (Å²) in [6, 6.07) is 0. The minimum Gasteiger partial charge on any atom is -0.478 e. The molecular weight excluding hydrogens is 152 g/mol. The molecule has 0 aromatic heterocycles. The van der Waals surface area contributed by atoms with Gasteiger partial charge < -0.3 is 5.11 Å². The van der Waals surface area contributed by atoms with Crippen LogP contribution in [-0.4, -0.2) is 11.1 Å². The third-order valence-electron chi connectivity index (χ3n) is 1.54. The highest BCUT2D eigenvalue weighted by atomic mass is 16.4. The Hall–Kier alpha value is -1.31. The van der Waals surface area contributed by atoms with Gasteiger partial charge in [-0.05, 0) is 19.8 Å². The van der Waals surface area contributed by atoms with Gasteiger partial charge in [0.25, 0.3) is 0 Å². The fourth-order valence-electron chi connectivity index (χ4n) is 0.663. The van der Waals surface area contributed by atoms with E-state index < -0.39 is 5.97 Å². The molecule has 0 unspecified atom stereocenters. The Labute approximate surface area is 72.9 Å². The first kappa shape index (κ1) is 10.7. The average molecular weight is 166 g/mol. The molecule has 0 radical (unpaired) electrons. The van der Waals surface area contributed by atoms with E-state index >= 15 is 0 Å². The van der Waals surface area contributed by atoms with E-state index in [1.165, 1.54) is 0 Å². The summed E-state index contributed by atoms with van der Waals surface area (Å²) >= 11 is 0. The predicted octanol–water partition coefficient (Wildman–Crippen LogP) is 2.54. The summed E-state index contributed by atoms with van der Waals surface area (Å²) in [5.74, 6) is -0.862. The maximum absolute atomic E-state index is 10.3. The molecular formula is C10H14O2. The molecule has 0 rings (SSSR count). The van der Waals surface area contributed by atoms with Gasteiger partial charge in [-0.25, -0.2) is 4.79 Å². The summed E-state index contributed by atoms with van der Waals surface area (Å²) in [6.07, 6.45) is 4.86. The van der Waals surface area contributed by atoms with Gasteiger partial charge in [0.1, 0.15) is 0 Å². The molecule has 12 heavy (non-hydrogen) atoms. The van der Waals surface area contributed by atoms with Gasteiger partial charge in [0.05, 0.1) is 0 Å². The van der Waals surface area contributed by atoms with E-state index in [4.69, 9.17) is 5.11 Å². The number of carboxylic acids is 1.